The molecule has 0 fully saturated rings. The first-order chi connectivity index (χ1) is 12.0. The van der Waals surface area contributed by atoms with E-state index in [4.69, 9.17) is 9.47 Å². The van der Waals surface area contributed by atoms with E-state index in [1.165, 1.54) is 0 Å². The van der Waals surface area contributed by atoms with E-state index in [2.05, 4.69) is 10.6 Å². The Morgan fingerprint density at radius 1 is 1.12 bits per heavy atom. The van der Waals surface area contributed by atoms with Gasteiger partial charge in [0.05, 0.1) is 29.5 Å². The average Bonchev–Trinajstić information content (AvgIpc) is 2.59. The molecule has 0 saturated heterocycles. The predicted molar refractivity (Wildman–Crippen MR) is 90.9 cm³/mol. The highest BCUT2D eigenvalue weighted by atomic mass is 16.5. The summed E-state index contributed by atoms with van der Waals surface area (Å²) in [6.45, 7) is 5.34. The average molecular weight is 346 g/mol. The van der Waals surface area contributed by atoms with E-state index < -0.39 is 24.0 Å². The molecule has 7 nitrogen and oxygen atoms in total. The number of amides is 2. The van der Waals surface area contributed by atoms with E-state index in [0.29, 0.717) is 12.0 Å². The zero-order valence-corrected chi connectivity index (χ0v) is 14.5. The number of aryl methyl sites for hydroxylation is 1. The Balaban J connectivity index is 2.22. The zero-order chi connectivity index (χ0) is 18.4. The molecular weight excluding hydrogens is 324 g/mol. The zero-order valence-electron chi connectivity index (χ0n) is 14.5. The number of esters is 2. The molecule has 1 aromatic rings. The fourth-order valence-electron chi connectivity index (χ4n) is 2.59. The molecule has 1 heterocycles. The Bertz CT molecular complexity index is 711. The SMILES string of the molecule is CCOC(=O)C1=C(COC(=O)c2ccccc2C)NC(=O)N[C@H]1CC. The summed E-state index contributed by atoms with van der Waals surface area (Å²) in [5.74, 6) is -1.06. The van der Waals surface area contributed by atoms with Gasteiger partial charge in [0.25, 0.3) is 0 Å². The molecule has 0 unspecified atom stereocenters. The summed E-state index contributed by atoms with van der Waals surface area (Å²) in [4.78, 5) is 36.3. The highest BCUT2D eigenvalue weighted by Crippen LogP contribution is 2.18. The standard InChI is InChI=1S/C18H22N2O5/c1-4-13-15(17(22)24-5-2)14(20-18(23)19-13)10-25-16(21)12-9-7-6-8-11(12)3/h6-9,13H,4-5,10H2,1-3H3,(H2,19,20,23)/t13-/m0/s1. The van der Waals surface area contributed by atoms with Crippen LogP contribution in [-0.2, 0) is 14.3 Å². The topological polar surface area (TPSA) is 93.7 Å². The maximum Gasteiger partial charge on any atom is 0.338 e. The highest BCUT2D eigenvalue weighted by molar-refractivity contribution is 5.95. The van der Waals surface area contributed by atoms with Crippen LogP contribution in [0.5, 0.6) is 0 Å². The molecule has 134 valence electrons. The molecule has 1 aliphatic heterocycles. The molecule has 0 saturated carbocycles. The van der Waals surface area contributed by atoms with Crippen LogP contribution in [-0.4, -0.2) is 37.2 Å². The van der Waals surface area contributed by atoms with Crippen LogP contribution < -0.4 is 10.6 Å². The van der Waals surface area contributed by atoms with Crippen molar-refractivity contribution in [2.24, 2.45) is 0 Å². The van der Waals surface area contributed by atoms with Crippen LogP contribution in [0.4, 0.5) is 4.79 Å². The Kier molecular flexibility index (Phi) is 6.16. The Labute approximate surface area is 146 Å². The Morgan fingerprint density at radius 2 is 1.84 bits per heavy atom. The van der Waals surface area contributed by atoms with Crippen LogP contribution in [0, 0.1) is 6.92 Å². The van der Waals surface area contributed by atoms with Gasteiger partial charge in [0, 0.05) is 0 Å². The summed E-state index contributed by atoms with van der Waals surface area (Å²) in [5, 5.41) is 5.21. The number of urea groups is 1. The summed E-state index contributed by atoms with van der Waals surface area (Å²) < 4.78 is 10.4. The van der Waals surface area contributed by atoms with Gasteiger partial charge in [-0.3, -0.25) is 0 Å². The first kappa shape index (κ1) is 18.5. The summed E-state index contributed by atoms with van der Waals surface area (Å²) >= 11 is 0. The monoisotopic (exact) mass is 346 g/mol. The van der Waals surface area contributed by atoms with Gasteiger partial charge in [0.2, 0.25) is 0 Å². The number of nitrogens with one attached hydrogen (secondary N) is 2. The van der Waals surface area contributed by atoms with E-state index >= 15 is 0 Å². The van der Waals surface area contributed by atoms with Crippen molar-refractivity contribution in [1.29, 1.82) is 0 Å². The van der Waals surface area contributed by atoms with Crippen LogP contribution in [0.15, 0.2) is 35.5 Å². The van der Waals surface area contributed by atoms with E-state index in [1.54, 1.807) is 32.0 Å². The summed E-state index contributed by atoms with van der Waals surface area (Å²) in [6, 6.07) is 6.11. The van der Waals surface area contributed by atoms with Crippen molar-refractivity contribution in [3.05, 3.63) is 46.7 Å². The number of benzene rings is 1. The normalized spacial score (nSPS) is 16.8. The van der Waals surface area contributed by atoms with Crippen LogP contribution >= 0.6 is 0 Å². The lowest BCUT2D eigenvalue weighted by Crippen LogP contribution is -2.51. The molecule has 25 heavy (non-hydrogen) atoms. The Hall–Kier alpha value is -2.83. The van der Waals surface area contributed by atoms with Gasteiger partial charge in [0.1, 0.15) is 6.61 Å². The van der Waals surface area contributed by atoms with Gasteiger partial charge in [-0.15, -0.1) is 0 Å². The predicted octanol–water partition coefficient (Wildman–Crippen LogP) is 2.06. The van der Waals surface area contributed by atoms with Gasteiger partial charge in [-0.2, -0.15) is 0 Å². The van der Waals surface area contributed by atoms with E-state index in [-0.39, 0.29) is 24.5 Å². The number of hydrogen-bond donors (Lipinski definition) is 2. The third-order valence-corrected chi connectivity index (χ3v) is 3.86. The second-order valence-electron chi connectivity index (χ2n) is 5.56. The van der Waals surface area contributed by atoms with Gasteiger partial charge < -0.3 is 20.1 Å². The minimum Gasteiger partial charge on any atom is -0.463 e. The third kappa shape index (κ3) is 4.37. The van der Waals surface area contributed by atoms with Gasteiger partial charge in [-0.1, -0.05) is 25.1 Å². The molecule has 0 aromatic heterocycles. The van der Waals surface area contributed by atoms with Crippen LogP contribution in [0.1, 0.15) is 36.2 Å². The van der Waals surface area contributed by atoms with Crippen molar-refractivity contribution in [3.63, 3.8) is 0 Å². The van der Waals surface area contributed by atoms with E-state index in [0.717, 1.165) is 5.56 Å². The number of ether oxygens (including phenoxy) is 2. The Morgan fingerprint density at radius 3 is 2.48 bits per heavy atom. The van der Waals surface area contributed by atoms with Crippen molar-refractivity contribution >= 4 is 18.0 Å². The maximum absolute atomic E-state index is 12.3. The van der Waals surface area contributed by atoms with Gasteiger partial charge in [-0.25, -0.2) is 14.4 Å². The largest absolute Gasteiger partial charge is 0.463 e. The van der Waals surface area contributed by atoms with Crippen molar-refractivity contribution in [2.75, 3.05) is 13.2 Å². The molecule has 1 atom stereocenters. The lowest BCUT2D eigenvalue weighted by molar-refractivity contribution is -0.139. The second kappa shape index (κ2) is 8.32. The fraction of sp³-hybridized carbons (Fsp3) is 0.389. The van der Waals surface area contributed by atoms with Gasteiger partial charge in [0.15, 0.2) is 0 Å². The molecule has 7 heteroatoms. The highest BCUT2D eigenvalue weighted by Gasteiger charge is 2.32. The van der Waals surface area contributed by atoms with Crippen molar-refractivity contribution < 1.29 is 23.9 Å². The minimum atomic E-state index is -0.538. The maximum atomic E-state index is 12.3. The smallest absolute Gasteiger partial charge is 0.338 e. The van der Waals surface area contributed by atoms with E-state index in [1.807, 2.05) is 13.0 Å². The van der Waals surface area contributed by atoms with Crippen LogP contribution in [0.25, 0.3) is 0 Å². The molecule has 0 aliphatic carbocycles. The molecule has 2 N–H and O–H groups in total. The lowest BCUT2D eigenvalue weighted by Gasteiger charge is -2.28. The number of carbonyl (C=O) groups is 3. The van der Waals surface area contributed by atoms with Crippen LogP contribution in [0.2, 0.25) is 0 Å². The molecule has 0 radical (unpaired) electrons. The second-order valence-corrected chi connectivity index (χ2v) is 5.56. The van der Waals surface area contributed by atoms with E-state index in [9.17, 15) is 14.4 Å². The molecule has 1 aromatic carbocycles. The third-order valence-electron chi connectivity index (χ3n) is 3.86. The summed E-state index contributed by atoms with van der Waals surface area (Å²) in [5.41, 5.74) is 1.75. The number of rotatable bonds is 6. The molecule has 0 spiro atoms. The fourth-order valence-corrected chi connectivity index (χ4v) is 2.59. The molecule has 2 amide bonds. The summed E-state index contributed by atoms with van der Waals surface area (Å²) in [7, 11) is 0. The van der Waals surface area contributed by atoms with Crippen molar-refractivity contribution in [2.45, 2.75) is 33.2 Å². The van der Waals surface area contributed by atoms with Crippen LogP contribution in [0.3, 0.4) is 0 Å². The number of carbonyl (C=O) groups excluding carboxylic acids is 3. The first-order valence-corrected chi connectivity index (χ1v) is 8.18. The first-order valence-electron chi connectivity index (χ1n) is 8.18. The number of hydrogen-bond acceptors (Lipinski definition) is 5. The lowest BCUT2D eigenvalue weighted by atomic mass is 10.0. The van der Waals surface area contributed by atoms with Crippen molar-refractivity contribution in [1.82, 2.24) is 10.6 Å². The van der Waals surface area contributed by atoms with Gasteiger partial charge >= 0.3 is 18.0 Å². The van der Waals surface area contributed by atoms with Gasteiger partial charge in [-0.05, 0) is 31.9 Å². The summed E-state index contributed by atoms with van der Waals surface area (Å²) in [6.07, 6.45) is 0.511. The quantitative estimate of drug-likeness (QED) is 0.769. The molecule has 2 rings (SSSR count). The minimum absolute atomic E-state index is 0.211. The molecule has 0 bridgehead atoms. The molecule has 1 aliphatic rings. The molecular formula is C18H22N2O5. The van der Waals surface area contributed by atoms with Crippen molar-refractivity contribution in [3.8, 4) is 0 Å².